The van der Waals surface area contributed by atoms with Crippen LogP contribution in [0, 0.1) is 0 Å². The Morgan fingerprint density at radius 2 is 1.67 bits per heavy atom. The fourth-order valence-corrected chi connectivity index (χ4v) is 1.70. The highest BCUT2D eigenvalue weighted by atomic mass is 35.5. The lowest BCUT2D eigenvalue weighted by molar-refractivity contribution is 0.306. The first-order chi connectivity index (χ1) is 8.66. The van der Waals surface area contributed by atoms with Crippen LogP contribution in [0.1, 0.15) is 5.56 Å². The number of ether oxygens (including phenoxy) is 1. The van der Waals surface area contributed by atoms with Gasteiger partial charge in [0.15, 0.2) is 0 Å². The van der Waals surface area contributed by atoms with E-state index in [1.54, 1.807) is 36.4 Å². The van der Waals surface area contributed by atoms with E-state index in [2.05, 4.69) is 0 Å². The molecule has 2 aromatic carbocycles. The molecular weight excluding hydrogens is 250 g/mol. The molecule has 0 heterocycles. The number of benzene rings is 2. The van der Waals surface area contributed by atoms with E-state index in [4.69, 9.17) is 26.4 Å². The van der Waals surface area contributed by atoms with E-state index in [0.29, 0.717) is 22.8 Å². The van der Waals surface area contributed by atoms with Crippen LogP contribution < -0.4 is 10.2 Å². The summed E-state index contributed by atoms with van der Waals surface area (Å²) in [6.45, 7) is 0.380. The minimum atomic E-state index is -1.44. The highest BCUT2D eigenvalue weighted by Crippen LogP contribution is 2.23. The van der Waals surface area contributed by atoms with Gasteiger partial charge in [0.25, 0.3) is 0 Å². The van der Waals surface area contributed by atoms with Crippen molar-refractivity contribution in [2.45, 2.75) is 6.61 Å². The molecule has 0 atom stereocenters. The second-order valence-corrected chi connectivity index (χ2v) is 4.24. The van der Waals surface area contributed by atoms with Crippen molar-refractivity contribution >= 4 is 24.2 Å². The van der Waals surface area contributed by atoms with Crippen LogP contribution in [0.2, 0.25) is 5.02 Å². The first kappa shape index (κ1) is 13.0. The summed E-state index contributed by atoms with van der Waals surface area (Å²) in [6.07, 6.45) is 0. The van der Waals surface area contributed by atoms with E-state index in [0.717, 1.165) is 5.56 Å². The molecule has 0 amide bonds. The minimum absolute atomic E-state index is 0.380. The summed E-state index contributed by atoms with van der Waals surface area (Å²) in [5.74, 6) is 0.630. The van der Waals surface area contributed by atoms with Crippen molar-refractivity contribution in [3.05, 3.63) is 59.1 Å². The lowest BCUT2D eigenvalue weighted by Gasteiger charge is -2.08. The second kappa shape index (κ2) is 5.91. The molecule has 0 aliphatic carbocycles. The first-order valence-electron chi connectivity index (χ1n) is 5.49. The van der Waals surface area contributed by atoms with Crippen LogP contribution in [0.5, 0.6) is 5.75 Å². The Bertz CT molecular complexity index is 514. The van der Waals surface area contributed by atoms with Crippen LogP contribution in [0.3, 0.4) is 0 Å². The van der Waals surface area contributed by atoms with Crippen LogP contribution in [0.25, 0.3) is 0 Å². The van der Waals surface area contributed by atoms with Gasteiger partial charge in [-0.05, 0) is 23.2 Å². The van der Waals surface area contributed by atoms with Gasteiger partial charge in [-0.25, -0.2) is 0 Å². The first-order valence-corrected chi connectivity index (χ1v) is 5.87. The monoisotopic (exact) mass is 262 g/mol. The summed E-state index contributed by atoms with van der Waals surface area (Å²) in [7, 11) is -1.44. The molecule has 2 rings (SSSR count). The van der Waals surface area contributed by atoms with E-state index in [1.807, 2.05) is 12.1 Å². The molecule has 0 aliphatic heterocycles. The smallest absolute Gasteiger partial charge is 0.487 e. The summed E-state index contributed by atoms with van der Waals surface area (Å²) in [5, 5.41) is 18.5. The SMILES string of the molecule is OB(O)c1ccc(COc2ccccc2Cl)cc1. The summed E-state index contributed by atoms with van der Waals surface area (Å²) in [6, 6.07) is 14.1. The predicted molar refractivity (Wildman–Crippen MR) is 72.1 cm³/mol. The van der Waals surface area contributed by atoms with Crippen LogP contribution >= 0.6 is 11.6 Å². The maximum atomic E-state index is 8.97. The molecule has 0 radical (unpaired) electrons. The van der Waals surface area contributed by atoms with E-state index in [-0.39, 0.29) is 0 Å². The molecule has 2 N–H and O–H groups in total. The van der Waals surface area contributed by atoms with Gasteiger partial charge in [0, 0.05) is 0 Å². The zero-order chi connectivity index (χ0) is 13.0. The zero-order valence-corrected chi connectivity index (χ0v) is 10.3. The highest BCUT2D eigenvalue weighted by molar-refractivity contribution is 6.58. The summed E-state index contributed by atoms with van der Waals surface area (Å²) >= 11 is 5.97. The van der Waals surface area contributed by atoms with Gasteiger partial charge in [-0.3, -0.25) is 0 Å². The minimum Gasteiger partial charge on any atom is -0.487 e. The molecular formula is C13H12BClO3. The molecule has 0 aromatic heterocycles. The van der Waals surface area contributed by atoms with Crippen LogP contribution in [-0.4, -0.2) is 17.2 Å². The molecule has 0 aliphatic rings. The maximum Gasteiger partial charge on any atom is 0.488 e. The third-order valence-corrected chi connectivity index (χ3v) is 2.82. The van der Waals surface area contributed by atoms with E-state index >= 15 is 0 Å². The van der Waals surface area contributed by atoms with E-state index in [1.165, 1.54) is 0 Å². The summed E-state index contributed by atoms with van der Waals surface area (Å²) in [4.78, 5) is 0. The number of rotatable bonds is 4. The Kier molecular flexibility index (Phi) is 4.26. The van der Waals surface area contributed by atoms with Crippen molar-refractivity contribution in [3.8, 4) is 5.75 Å². The van der Waals surface area contributed by atoms with E-state index in [9.17, 15) is 0 Å². The number of halogens is 1. The second-order valence-electron chi connectivity index (χ2n) is 3.83. The van der Waals surface area contributed by atoms with E-state index < -0.39 is 7.12 Å². The van der Waals surface area contributed by atoms with Crippen molar-refractivity contribution in [2.75, 3.05) is 0 Å². The van der Waals surface area contributed by atoms with Gasteiger partial charge in [0.1, 0.15) is 12.4 Å². The van der Waals surface area contributed by atoms with Gasteiger partial charge >= 0.3 is 7.12 Å². The van der Waals surface area contributed by atoms with Crippen molar-refractivity contribution in [1.29, 1.82) is 0 Å². The Balaban J connectivity index is 2.00. The maximum absolute atomic E-state index is 8.97. The Morgan fingerprint density at radius 1 is 1.00 bits per heavy atom. The average molecular weight is 263 g/mol. The number of hydrogen-bond acceptors (Lipinski definition) is 3. The molecule has 3 nitrogen and oxygen atoms in total. The van der Waals surface area contributed by atoms with Crippen LogP contribution in [0.15, 0.2) is 48.5 Å². The van der Waals surface area contributed by atoms with Crippen molar-refractivity contribution in [2.24, 2.45) is 0 Å². The van der Waals surface area contributed by atoms with Crippen molar-refractivity contribution in [3.63, 3.8) is 0 Å². The van der Waals surface area contributed by atoms with Gasteiger partial charge in [0.05, 0.1) is 5.02 Å². The Morgan fingerprint density at radius 3 is 2.28 bits per heavy atom. The molecule has 0 saturated carbocycles. The molecule has 0 unspecified atom stereocenters. The quantitative estimate of drug-likeness (QED) is 0.823. The molecule has 0 fully saturated rings. The summed E-state index contributed by atoms with van der Waals surface area (Å²) in [5.41, 5.74) is 1.39. The third kappa shape index (κ3) is 3.26. The fourth-order valence-electron chi connectivity index (χ4n) is 1.51. The average Bonchev–Trinajstić information content (AvgIpc) is 2.38. The van der Waals surface area contributed by atoms with Gasteiger partial charge < -0.3 is 14.8 Å². The van der Waals surface area contributed by atoms with Gasteiger partial charge in [0.2, 0.25) is 0 Å². The third-order valence-electron chi connectivity index (χ3n) is 2.51. The number of hydrogen-bond donors (Lipinski definition) is 2. The summed E-state index contributed by atoms with van der Waals surface area (Å²) < 4.78 is 5.57. The van der Waals surface area contributed by atoms with Crippen LogP contribution in [-0.2, 0) is 6.61 Å². The molecule has 2 aromatic rings. The van der Waals surface area contributed by atoms with Gasteiger partial charge in [-0.15, -0.1) is 0 Å². The Labute approximate surface area is 111 Å². The molecule has 5 heteroatoms. The van der Waals surface area contributed by atoms with Crippen molar-refractivity contribution < 1.29 is 14.8 Å². The molecule has 0 spiro atoms. The van der Waals surface area contributed by atoms with Crippen molar-refractivity contribution in [1.82, 2.24) is 0 Å². The Hall–Kier alpha value is -1.49. The fraction of sp³-hybridized carbons (Fsp3) is 0.0769. The van der Waals surface area contributed by atoms with Crippen LogP contribution in [0.4, 0.5) is 0 Å². The molecule has 92 valence electrons. The normalized spacial score (nSPS) is 10.2. The lowest BCUT2D eigenvalue weighted by Crippen LogP contribution is -2.29. The van der Waals surface area contributed by atoms with Gasteiger partial charge in [-0.2, -0.15) is 0 Å². The topological polar surface area (TPSA) is 49.7 Å². The molecule has 18 heavy (non-hydrogen) atoms. The zero-order valence-electron chi connectivity index (χ0n) is 9.58. The standard InChI is InChI=1S/C13H12BClO3/c15-12-3-1-2-4-13(12)18-9-10-5-7-11(8-6-10)14(16)17/h1-8,16-17H,9H2. The number of para-hydroxylation sites is 1. The predicted octanol–water partition coefficient (Wildman–Crippen LogP) is 1.60. The molecule has 0 saturated heterocycles. The largest absolute Gasteiger partial charge is 0.488 e. The highest BCUT2D eigenvalue weighted by Gasteiger charge is 2.09. The lowest BCUT2D eigenvalue weighted by atomic mass is 9.80. The van der Waals surface area contributed by atoms with Gasteiger partial charge in [-0.1, -0.05) is 48.0 Å². The molecule has 0 bridgehead atoms.